The monoisotopic (exact) mass is 669 g/mol. The lowest BCUT2D eigenvalue weighted by Gasteiger charge is -2.34. The molecule has 2 atom stereocenters. The van der Waals surface area contributed by atoms with E-state index in [2.05, 4.69) is 31.7 Å². The average molecular weight is 670 g/mol. The van der Waals surface area contributed by atoms with Crippen LogP contribution < -0.4 is 25.5 Å². The molecule has 48 heavy (non-hydrogen) atoms. The van der Waals surface area contributed by atoms with E-state index in [9.17, 15) is 4.79 Å². The van der Waals surface area contributed by atoms with Gasteiger partial charge in [-0.15, -0.1) is 0 Å². The minimum atomic E-state index is -0.518. The molecule has 4 aromatic heterocycles. The Morgan fingerprint density at radius 3 is 2.69 bits per heavy atom. The molecule has 0 amide bonds. The summed E-state index contributed by atoms with van der Waals surface area (Å²) in [6, 6.07) is 12.3. The minimum Gasteiger partial charge on any atom is -0.488 e. The highest BCUT2D eigenvalue weighted by atomic mass is 32.1. The van der Waals surface area contributed by atoms with Gasteiger partial charge in [0.05, 0.1) is 46.9 Å². The first-order valence-corrected chi connectivity index (χ1v) is 16.6. The number of hydrogen-bond acceptors (Lipinski definition) is 10. The molecule has 5 heterocycles. The van der Waals surface area contributed by atoms with Crippen LogP contribution in [-0.2, 0) is 13.1 Å². The maximum absolute atomic E-state index is 15.9. The third-order valence-electron chi connectivity index (χ3n) is 8.70. The highest BCUT2D eigenvalue weighted by Crippen LogP contribution is 2.42. The number of nitrogens with zero attached hydrogens (tertiary/aromatic N) is 6. The van der Waals surface area contributed by atoms with Gasteiger partial charge in [0, 0.05) is 62.6 Å². The molecule has 10 nitrogen and oxygen atoms in total. The third kappa shape index (κ3) is 6.95. The maximum atomic E-state index is 15.9. The van der Waals surface area contributed by atoms with Crippen LogP contribution in [0.2, 0.25) is 0 Å². The number of pyridine rings is 4. The molecular weight excluding hydrogens is 630 g/mol. The number of unbranched alkanes of at least 4 members (excludes halogenated alkanes) is 1. The summed E-state index contributed by atoms with van der Waals surface area (Å²) in [6.07, 6.45) is 10.6. The lowest BCUT2D eigenvalue weighted by Crippen LogP contribution is -2.42. The van der Waals surface area contributed by atoms with E-state index in [1.807, 2.05) is 35.9 Å². The van der Waals surface area contributed by atoms with Gasteiger partial charge in [-0.05, 0) is 60.9 Å². The zero-order valence-electron chi connectivity index (χ0n) is 27.3. The summed E-state index contributed by atoms with van der Waals surface area (Å²) in [5, 5.41) is -0.0275. The molecule has 1 aliphatic rings. The first-order valence-electron chi connectivity index (χ1n) is 16.1. The van der Waals surface area contributed by atoms with E-state index in [0.717, 1.165) is 30.6 Å². The number of nitrogen functional groups attached to an aromatic ring is 1. The fourth-order valence-electron chi connectivity index (χ4n) is 6.13. The quantitative estimate of drug-likeness (QED) is 0.113. The molecule has 0 saturated carbocycles. The molecule has 2 N–H and O–H groups in total. The van der Waals surface area contributed by atoms with E-state index in [-0.39, 0.29) is 28.8 Å². The summed E-state index contributed by atoms with van der Waals surface area (Å²) in [7, 11) is 1.58. The van der Waals surface area contributed by atoms with Gasteiger partial charge in [-0.25, -0.2) is 14.4 Å². The van der Waals surface area contributed by atoms with Crippen molar-refractivity contribution in [3.63, 3.8) is 0 Å². The highest BCUT2D eigenvalue weighted by molar-refractivity contribution is 7.80. The van der Waals surface area contributed by atoms with Crippen molar-refractivity contribution in [3.8, 4) is 22.8 Å². The molecule has 1 aliphatic heterocycles. The fourth-order valence-corrected chi connectivity index (χ4v) is 6.50. The predicted octanol–water partition coefficient (Wildman–Crippen LogP) is 6.10. The number of rotatable bonds is 13. The Balaban J connectivity index is 1.41. The molecule has 6 rings (SSSR count). The number of thiol groups is 1. The molecule has 0 aliphatic carbocycles. The second kappa shape index (κ2) is 14.6. The Labute approximate surface area is 284 Å². The van der Waals surface area contributed by atoms with E-state index in [1.54, 1.807) is 50.1 Å². The number of hydrogen-bond donors (Lipinski definition) is 2. The van der Waals surface area contributed by atoms with Crippen LogP contribution >= 0.6 is 12.6 Å². The molecule has 0 bridgehead atoms. The minimum absolute atomic E-state index is 0.0811. The van der Waals surface area contributed by atoms with E-state index >= 15 is 4.39 Å². The zero-order valence-corrected chi connectivity index (χ0v) is 28.2. The van der Waals surface area contributed by atoms with Gasteiger partial charge in [0.1, 0.15) is 18.2 Å². The molecule has 0 radical (unpaired) electrons. The average Bonchev–Trinajstić information content (AvgIpc) is 3.10. The van der Waals surface area contributed by atoms with Crippen LogP contribution in [0.4, 0.5) is 15.9 Å². The van der Waals surface area contributed by atoms with Crippen LogP contribution in [0.25, 0.3) is 22.0 Å². The Kier molecular flexibility index (Phi) is 10.1. The molecule has 5 aromatic rings. The summed E-state index contributed by atoms with van der Waals surface area (Å²) in [6.45, 7) is 6.61. The molecule has 250 valence electrons. The van der Waals surface area contributed by atoms with Gasteiger partial charge in [0.25, 0.3) is 0 Å². The molecule has 2 unspecified atom stereocenters. The van der Waals surface area contributed by atoms with Gasteiger partial charge >= 0.3 is 0 Å². The standard InChI is InChI=1S/C36H40FN7O3S/c1-4-5-14-42(27-6-7-30(38)41-17-27)21-32(48)43(18-24-8-13-40-31(15-24)46-3)19-26-20-44-23(2)22-47-36-33(25-9-11-39-12-10-25)29(37)16-28(34(36)44)35(26)45/h6-13,15-17,20,23,32,48H,4-5,14,18-19,21-22H2,1-3H3,(H2,38,41). The smallest absolute Gasteiger partial charge is 0.213 e. The second-order valence-electron chi connectivity index (χ2n) is 12.1. The number of methoxy groups -OCH3 is 1. The molecule has 0 fully saturated rings. The summed E-state index contributed by atoms with van der Waals surface area (Å²) in [5.41, 5.74) is 9.62. The predicted molar refractivity (Wildman–Crippen MR) is 190 cm³/mol. The molecule has 0 saturated heterocycles. The van der Waals surface area contributed by atoms with E-state index < -0.39 is 5.82 Å². The topological polar surface area (TPSA) is 112 Å². The van der Waals surface area contributed by atoms with Crippen LogP contribution in [0.1, 0.15) is 43.9 Å². The highest BCUT2D eigenvalue weighted by Gasteiger charge is 2.29. The summed E-state index contributed by atoms with van der Waals surface area (Å²) in [4.78, 5) is 31.3. The number of nitrogens with two attached hydrogens (primary N) is 1. The Morgan fingerprint density at radius 1 is 1.15 bits per heavy atom. The third-order valence-corrected chi connectivity index (χ3v) is 9.19. The number of benzene rings is 1. The van der Waals surface area contributed by atoms with Crippen LogP contribution in [0, 0.1) is 5.82 Å². The van der Waals surface area contributed by atoms with Crippen molar-refractivity contribution in [1.82, 2.24) is 24.4 Å². The van der Waals surface area contributed by atoms with E-state index in [4.69, 9.17) is 27.8 Å². The van der Waals surface area contributed by atoms with E-state index in [0.29, 0.717) is 59.4 Å². The van der Waals surface area contributed by atoms with E-state index in [1.165, 1.54) is 6.07 Å². The Morgan fingerprint density at radius 2 is 1.96 bits per heavy atom. The molecular formula is C36H40FN7O3S. The maximum Gasteiger partial charge on any atom is 0.213 e. The zero-order chi connectivity index (χ0) is 33.8. The fraction of sp³-hybridized carbons (Fsp3) is 0.333. The number of anilines is 2. The van der Waals surface area contributed by atoms with Crippen molar-refractivity contribution in [2.75, 3.05) is 37.4 Å². The van der Waals surface area contributed by atoms with Crippen molar-refractivity contribution in [2.24, 2.45) is 0 Å². The lowest BCUT2D eigenvalue weighted by molar-refractivity contribution is 0.234. The van der Waals surface area contributed by atoms with Crippen molar-refractivity contribution in [3.05, 3.63) is 101 Å². The molecule has 12 heteroatoms. The van der Waals surface area contributed by atoms with Gasteiger partial charge < -0.3 is 24.7 Å². The Bertz CT molecular complexity index is 1940. The van der Waals surface area contributed by atoms with Crippen LogP contribution in [-0.4, -0.2) is 56.6 Å². The van der Waals surface area contributed by atoms with Crippen molar-refractivity contribution >= 4 is 35.0 Å². The SMILES string of the molecule is CCCCN(CC(S)N(Cc1ccnc(OC)c1)Cc1cn2c3c(c(-c4ccncc4)c(F)cc3c1=O)OCC2C)c1ccc(N)nc1. The van der Waals surface area contributed by atoms with Crippen molar-refractivity contribution in [1.29, 1.82) is 0 Å². The number of ether oxygens (including phenoxy) is 2. The van der Waals surface area contributed by atoms with Gasteiger partial charge in [0.2, 0.25) is 5.88 Å². The Hall–Kier alpha value is -4.68. The number of halogens is 1. The lowest BCUT2D eigenvalue weighted by atomic mass is 9.99. The van der Waals surface area contributed by atoms with Gasteiger partial charge in [-0.3, -0.25) is 14.7 Å². The van der Waals surface area contributed by atoms with Gasteiger partial charge in [-0.2, -0.15) is 12.6 Å². The van der Waals surface area contributed by atoms with Crippen LogP contribution in [0.3, 0.4) is 0 Å². The number of aromatic nitrogens is 4. The van der Waals surface area contributed by atoms with Crippen LogP contribution in [0.5, 0.6) is 11.6 Å². The summed E-state index contributed by atoms with van der Waals surface area (Å²) in [5.74, 6) is 0.806. The second-order valence-corrected chi connectivity index (χ2v) is 12.7. The first-order chi connectivity index (χ1) is 23.3. The summed E-state index contributed by atoms with van der Waals surface area (Å²) < 4.78 is 29.5. The van der Waals surface area contributed by atoms with Crippen LogP contribution in [0.15, 0.2) is 78.2 Å². The molecule has 1 aromatic carbocycles. The first kappa shape index (κ1) is 33.2. The van der Waals surface area contributed by atoms with Gasteiger partial charge in [0.15, 0.2) is 11.2 Å². The van der Waals surface area contributed by atoms with Crippen molar-refractivity contribution in [2.45, 2.75) is 51.2 Å². The summed E-state index contributed by atoms with van der Waals surface area (Å²) >= 11 is 5.14. The van der Waals surface area contributed by atoms with Crippen molar-refractivity contribution < 1.29 is 13.9 Å². The molecule has 0 spiro atoms. The largest absolute Gasteiger partial charge is 0.488 e. The normalized spacial score (nSPS) is 14.6. The van der Waals surface area contributed by atoms with Gasteiger partial charge in [-0.1, -0.05) is 13.3 Å².